The van der Waals surface area contributed by atoms with Crippen molar-refractivity contribution in [1.82, 2.24) is 0 Å². The van der Waals surface area contributed by atoms with Crippen molar-refractivity contribution in [2.75, 3.05) is 20.8 Å². The molecule has 0 spiro atoms. The third-order valence-electron chi connectivity index (χ3n) is 2.25. The lowest BCUT2D eigenvalue weighted by Crippen LogP contribution is -2.15. The normalized spacial score (nSPS) is 9.69. The van der Waals surface area contributed by atoms with Crippen molar-refractivity contribution in [2.24, 2.45) is 0 Å². The average Bonchev–Trinajstić information content (AvgIpc) is 2.31. The van der Waals surface area contributed by atoms with Gasteiger partial charge in [0.05, 0.1) is 26.4 Å². The number of methoxy groups -OCH3 is 2. The zero-order valence-corrected chi connectivity index (χ0v) is 9.99. The lowest BCUT2D eigenvalue weighted by molar-refractivity contribution is 0.0600. The van der Waals surface area contributed by atoms with Gasteiger partial charge in [-0.3, -0.25) is 0 Å². The van der Waals surface area contributed by atoms with E-state index in [2.05, 4.69) is 4.74 Å². The highest BCUT2D eigenvalue weighted by Crippen LogP contribution is 2.19. The van der Waals surface area contributed by atoms with E-state index in [0.29, 0.717) is 23.7 Å². The Morgan fingerprint density at radius 2 is 1.94 bits per heavy atom. The highest BCUT2D eigenvalue weighted by atomic mass is 16.5. The number of carbonyl (C=O) groups is 1. The summed E-state index contributed by atoms with van der Waals surface area (Å²) in [7, 11) is 4.78. The van der Waals surface area contributed by atoms with Crippen LogP contribution in [0.15, 0.2) is 12.1 Å². The summed E-state index contributed by atoms with van der Waals surface area (Å²) in [6.45, 7) is 2.42. The first kappa shape index (κ1) is 12.4. The number of hydrogen-bond donors (Lipinski definition) is 0. The molecule has 0 amide bonds. The van der Waals surface area contributed by atoms with Crippen LogP contribution in [0.25, 0.3) is 0 Å². The third kappa shape index (κ3) is 2.48. The molecule has 0 aromatic heterocycles. The van der Waals surface area contributed by atoms with Gasteiger partial charge >= 0.3 is 5.97 Å². The Hall–Kier alpha value is -1.65. The van der Waals surface area contributed by atoms with E-state index in [1.54, 1.807) is 19.2 Å². The zero-order valence-electron chi connectivity index (χ0n) is 9.99. The largest absolute Gasteiger partial charge is 0.497 e. The van der Waals surface area contributed by atoms with Crippen molar-refractivity contribution in [2.45, 2.75) is 6.92 Å². The van der Waals surface area contributed by atoms with Crippen molar-refractivity contribution < 1.29 is 19.0 Å². The van der Waals surface area contributed by atoms with E-state index in [1.165, 1.54) is 7.11 Å². The molecule has 16 heavy (non-hydrogen) atoms. The van der Waals surface area contributed by atoms with Gasteiger partial charge in [-0.2, -0.15) is 0 Å². The molecule has 0 unspecified atom stereocenters. The molecular formula is C11H15BO4. The number of carbonyl (C=O) groups excluding carboxylic acids is 1. The zero-order chi connectivity index (χ0) is 12.1. The van der Waals surface area contributed by atoms with Crippen LogP contribution in [0.3, 0.4) is 0 Å². The molecule has 1 aromatic rings. The van der Waals surface area contributed by atoms with E-state index < -0.39 is 5.97 Å². The second-order valence-corrected chi connectivity index (χ2v) is 3.23. The molecule has 0 aliphatic rings. The summed E-state index contributed by atoms with van der Waals surface area (Å²) in [4.78, 5) is 11.4. The topological polar surface area (TPSA) is 44.8 Å². The first-order valence-corrected chi connectivity index (χ1v) is 5.03. The Bertz CT molecular complexity index is 390. The van der Waals surface area contributed by atoms with Crippen LogP contribution in [0.2, 0.25) is 0 Å². The first-order chi connectivity index (χ1) is 7.63. The Labute approximate surface area is 95.9 Å². The highest BCUT2D eigenvalue weighted by molar-refractivity contribution is 6.36. The molecule has 1 rings (SSSR count). The van der Waals surface area contributed by atoms with Crippen molar-refractivity contribution in [3.8, 4) is 11.5 Å². The Kier molecular flexibility index (Phi) is 4.23. The van der Waals surface area contributed by atoms with Crippen LogP contribution in [0.5, 0.6) is 11.5 Å². The number of benzene rings is 1. The lowest BCUT2D eigenvalue weighted by atomic mass is 9.92. The van der Waals surface area contributed by atoms with E-state index in [1.807, 2.05) is 14.8 Å². The van der Waals surface area contributed by atoms with E-state index in [-0.39, 0.29) is 0 Å². The van der Waals surface area contributed by atoms with Crippen LogP contribution in [0.1, 0.15) is 17.3 Å². The van der Waals surface area contributed by atoms with E-state index in [4.69, 9.17) is 9.47 Å². The monoisotopic (exact) mass is 222 g/mol. The maximum Gasteiger partial charge on any atom is 0.338 e. The molecule has 86 valence electrons. The fourth-order valence-corrected chi connectivity index (χ4v) is 1.42. The van der Waals surface area contributed by atoms with Gasteiger partial charge in [0.15, 0.2) is 0 Å². The SMILES string of the molecule is Bc1c(OC)cc(C(=O)OC)cc1OCC. The van der Waals surface area contributed by atoms with Crippen LogP contribution >= 0.6 is 0 Å². The summed E-state index contributed by atoms with van der Waals surface area (Å²) in [6, 6.07) is 3.30. The summed E-state index contributed by atoms with van der Waals surface area (Å²) in [5.74, 6) is 0.854. The maximum atomic E-state index is 11.4. The summed E-state index contributed by atoms with van der Waals surface area (Å²) >= 11 is 0. The summed E-state index contributed by atoms with van der Waals surface area (Å²) in [5, 5.41) is 0. The van der Waals surface area contributed by atoms with E-state index >= 15 is 0 Å². The standard InChI is InChI=1S/C11H15BO4/c1-4-16-9-6-7(11(13)15-3)5-8(14-2)10(9)12/h5-6H,4,12H2,1-3H3. The van der Waals surface area contributed by atoms with Gasteiger partial charge in [0, 0.05) is 0 Å². The Morgan fingerprint density at radius 1 is 1.31 bits per heavy atom. The van der Waals surface area contributed by atoms with Crippen molar-refractivity contribution in [3.63, 3.8) is 0 Å². The second-order valence-electron chi connectivity index (χ2n) is 3.23. The minimum atomic E-state index is -0.403. The van der Waals surface area contributed by atoms with Gasteiger partial charge in [-0.25, -0.2) is 4.79 Å². The van der Waals surface area contributed by atoms with Gasteiger partial charge in [-0.1, -0.05) is 0 Å². The molecule has 0 bridgehead atoms. The first-order valence-electron chi connectivity index (χ1n) is 5.03. The molecular weight excluding hydrogens is 207 g/mol. The summed E-state index contributed by atoms with van der Waals surface area (Å²) in [6.07, 6.45) is 0. The molecule has 4 nitrogen and oxygen atoms in total. The fourth-order valence-electron chi connectivity index (χ4n) is 1.42. The van der Waals surface area contributed by atoms with Gasteiger partial charge in [0.2, 0.25) is 0 Å². The summed E-state index contributed by atoms with van der Waals surface area (Å²) in [5.41, 5.74) is 1.30. The van der Waals surface area contributed by atoms with Crippen LogP contribution in [0.4, 0.5) is 0 Å². The fraction of sp³-hybridized carbons (Fsp3) is 0.364. The van der Waals surface area contributed by atoms with Crippen LogP contribution in [0, 0.1) is 0 Å². The molecule has 0 N–H and O–H groups in total. The molecule has 0 saturated carbocycles. The van der Waals surface area contributed by atoms with Gasteiger partial charge < -0.3 is 14.2 Å². The molecule has 0 radical (unpaired) electrons. The number of hydrogen-bond acceptors (Lipinski definition) is 4. The van der Waals surface area contributed by atoms with Crippen molar-refractivity contribution in [3.05, 3.63) is 17.7 Å². The molecule has 5 heteroatoms. The third-order valence-corrected chi connectivity index (χ3v) is 2.25. The quantitative estimate of drug-likeness (QED) is 0.536. The summed E-state index contributed by atoms with van der Waals surface area (Å²) < 4.78 is 15.3. The average molecular weight is 222 g/mol. The van der Waals surface area contributed by atoms with Crippen LogP contribution in [-0.2, 0) is 4.74 Å². The van der Waals surface area contributed by atoms with Gasteiger partial charge in [-0.15, -0.1) is 0 Å². The highest BCUT2D eigenvalue weighted by Gasteiger charge is 2.13. The van der Waals surface area contributed by atoms with E-state index in [9.17, 15) is 4.79 Å². The molecule has 0 heterocycles. The van der Waals surface area contributed by atoms with E-state index in [0.717, 1.165) is 5.46 Å². The smallest absolute Gasteiger partial charge is 0.338 e. The molecule has 0 fully saturated rings. The molecule has 0 aliphatic carbocycles. The van der Waals surface area contributed by atoms with Crippen LogP contribution in [-0.4, -0.2) is 34.6 Å². The minimum Gasteiger partial charge on any atom is -0.497 e. The molecule has 0 atom stereocenters. The number of rotatable bonds is 4. The minimum absolute atomic E-state index is 0.403. The van der Waals surface area contributed by atoms with Gasteiger partial charge in [0.25, 0.3) is 0 Å². The second kappa shape index (κ2) is 5.44. The van der Waals surface area contributed by atoms with Gasteiger partial charge in [-0.05, 0) is 24.5 Å². The number of ether oxygens (including phenoxy) is 3. The maximum absolute atomic E-state index is 11.4. The predicted octanol–water partition coefficient (Wildman–Crippen LogP) is 0.139. The predicted molar refractivity (Wildman–Crippen MR) is 63.7 cm³/mol. The lowest BCUT2D eigenvalue weighted by Gasteiger charge is -2.13. The Balaban J connectivity index is 3.22. The van der Waals surface area contributed by atoms with Crippen molar-refractivity contribution in [1.29, 1.82) is 0 Å². The van der Waals surface area contributed by atoms with Crippen LogP contribution < -0.4 is 14.9 Å². The molecule has 0 aliphatic heterocycles. The Morgan fingerprint density at radius 3 is 2.44 bits per heavy atom. The van der Waals surface area contributed by atoms with Gasteiger partial charge in [0.1, 0.15) is 19.3 Å². The molecule has 1 aromatic carbocycles. The van der Waals surface area contributed by atoms with Crippen molar-refractivity contribution >= 4 is 19.3 Å². The number of esters is 1. The molecule has 0 saturated heterocycles.